The third-order valence-corrected chi connectivity index (χ3v) is 5.39. The van der Waals surface area contributed by atoms with Crippen LogP contribution in [0.2, 0.25) is 5.02 Å². The topological polar surface area (TPSA) is 66.5 Å². The summed E-state index contributed by atoms with van der Waals surface area (Å²) in [6, 6.07) is 13.4. The van der Waals surface area contributed by atoms with Crippen LogP contribution < -0.4 is 9.62 Å². The van der Waals surface area contributed by atoms with Crippen molar-refractivity contribution in [2.24, 2.45) is 0 Å². The molecule has 2 aromatic carbocycles. The van der Waals surface area contributed by atoms with Crippen LogP contribution in [-0.2, 0) is 21.4 Å². The first-order chi connectivity index (χ1) is 12.2. The highest BCUT2D eigenvalue weighted by molar-refractivity contribution is 7.92. The quantitative estimate of drug-likeness (QED) is 0.781. The minimum atomic E-state index is -3.65. The fourth-order valence-corrected chi connectivity index (χ4v) is 4.12. The van der Waals surface area contributed by atoms with E-state index in [0.29, 0.717) is 23.7 Å². The van der Waals surface area contributed by atoms with Crippen LogP contribution in [0, 0.1) is 6.92 Å². The Bertz CT molecular complexity index is 867. The van der Waals surface area contributed by atoms with Gasteiger partial charge in [0, 0.05) is 11.6 Å². The predicted molar refractivity (Wildman–Crippen MR) is 106 cm³/mol. The number of amides is 1. The zero-order chi connectivity index (χ0) is 19.3. The molecule has 7 heteroatoms. The van der Waals surface area contributed by atoms with Crippen LogP contribution in [0.4, 0.5) is 5.69 Å². The first-order valence-electron chi connectivity index (χ1n) is 8.30. The number of nitrogens with one attached hydrogen (secondary N) is 1. The molecule has 0 spiro atoms. The van der Waals surface area contributed by atoms with Crippen molar-refractivity contribution in [3.05, 3.63) is 64.7 Å². The summed E-state index contributed by atoms with van der Waals surface area (Å²) in [6.45, 7) is 4.10. The number of benzene rings is 2. The second kappa shape index (κ2) is 8.56. The van der Waals surface area contributed by atoms with Gasteiger partial charge in [-0.15, -0.1) is 0 Å². The number of anilines is 1. The minimum Gasteiger partial charge on any atom is -0.350 e. The Morgan fingerprint density at radius 1 is 1.19 bits per heavy atom. The molecule has 0 fully saturated rings. The van der Waals surface area contributed by atoms with Gasteiger partial charge >= 0.3 is 0 Å². The molecule has 0 heterocycles. The highest BCUT2D eigenvalue weighted by Crippen LogP contribution is 2.24. The molecule has 0 saturated heterocycles. The summed E-state index contributed by atoms with van der Waals surface area (Å²) in [7, 11) is -3.65. The summed E-state index contributed by atoms with van der Waals surface area (Å²) >= 11 is 5.89. The van der Waals surface area contributed by atoms with Crippen LogP contribution in [0.5, 0.6) is 0 Å². The molecule has 2 aromatic rings. The van der Waals surface area contributed by atoms with E-state index in [4.69, 9.17) is 11.6 Å². The van der Waals surface area contributed by atoms with Gasteiger partial charge in [-0.25, -0.2) is 8.42 Å². The molecule has 0 bridgehead atoms. The number of carbonyl (C=O) groups excluding carboxylic acids is 1. The van der Waals surface area contributed by atoms with Gasteiger partial charge in [-0.1, -0.05) is 48.4 Å². The summed E-state index contributed by atoms with van der Waals surface area (Å²) in [5.41, 5.74) is 2.47. The third-order valence-electron chi connectivity index (χ3n) is 3.96. The number of aryl methyl sites for hydroxylation is 1. The SMILES string of the molecule is CCC(C(=O)NCc1cccc(C)c1)N(c1ccc(Cl)cc1)S(C)(=O)=O. The number of rotatable bonds is 7. The Hall–Kier alpha value is -2.05. The fraction of sp³-hybridized carbons (Fsp3) is 0.316. The summed E-state index contributed by atoms with van der Waals surface area (Å²) in [5.74, 6) is -0.339. The average molecular weight is 395 g/mol. The van der Waals surface area contributed by atoms with Crippen molar-refractivity contribution < 1.29 is 13.2 Å². The van der Waals surface area contributed by atoms with E-state index < -0.39 is 16.1 Å². The van der Waals surface area contributed by atoms with Crippen molar-refractivity contribution in [1.29, 1.82) is 0 Å². The lowest BCUT2D eigenvalue weighted by molar-refractivity contribution is -0.122. The molecule has 0 aliphatic heterocycles. The van der Waals surface area contributed by atoms with Crippen LogP contribution in [0.25, 0.3) is 0 Å². The van der Waals surface area contributed by atoms with E-state index in [9.17, 15) is 13.2 Å². The Labute approximate surface area is 160 Å². The maximum atomic E-state index is 12.7. The molecular weight excluding hydrogens is 372 g/mol. The summed E-state index contributed by atoms with van der Waals surface area (Å²) in [6.07, 6.45) is 1.44. The Kier molecular flexibility index (Phi) is 6.67. The van der Waals surface area contributed by atoms with E-state index >= 15 is 0 Å². The lowest BCUT2D eigenvalue weighted by Crippen LogP contribution is -2.49. The van der Waals surface area contributed by atoms with Gasteiger partial charge in [0.25, 0.3) is 0 Å². The molecule has 140 valence electrons. The molecule has 1 atom stereocenters. The van der Waals surface area contributed by atoms with E-state index in [1.54, 1.807) is 31.2 Å². The fourth-order valence-electron chi connectivity index (χ4n) is 2.78. The minimum absolute atomic E-state index is 0.339. The predicted octanol–water partition coefficient (Wildman–Crippen LogP) is 3.51. The van der Waals surface area contributed by atoms with Crippen LogP contribution in [0.15, 0.2) is 48.5 Å². The highest BCUT2D eigenvalue weighted by Gasteiger charge is 2.31. The van der Waals surface area contributed by atoms with Crippen molar-refractivity contribution in [1.82, 2.24) is 5.32 Å². The first kappa shape index (κ1) is 20.3. The Morgan fingerprint density at radius 2 is 1.85 bits per heavy atom. The summed E-state index contributed by atoms with van der Waals surface area (Å²) < 4.78 is 25.9. The maximum absolute atomic E-state index is 12.7. The van der Waals surface area contributed by atoms with Gasteiger partial charge in [-0.3, -0.25) is 9.10 Å². The van der Waals surface area contributed by atoms with E-state index in [1.807, 2.05) is 31.2 Å². The van der Waals surface area contributed by atoms with Crippen molar-refractivity contribution in [3.63, 3.8) is 0 Å². The summed E-state index contributed by atoms with van der Waals surface area (Å²) in [4.78, 5) is 12.7. The van der Waals surface area contributed by atoms with Gasteiger partial charge in [-0.2, -0.15) is 0 Å². The van der Waals surface area contributed by atoms with Crippen molar-refractivity contribution in [3.8, 4) is 0 Å². The van der Waals surface area contributed by atoms with Gasteiger partial charge in [0.2, 0.25) is 15.9 Å². The van der Waals surface area contributed by atoms with E-state index in [2.05, 4.69) is 5.32 Å². The van der Waals surface area contributed by atoms with Gasteiger partial charge in [0.15, 0.2) is 0 Å². The van der Waals surface area contributed by atoms with E-state index in [-0.39, 0.29) is 5.91 Å². The third kappa shape index (κ3) is 5.22. The number of sulfonamides is 1. The number of halogens is 1. The number of carbonyl (C=O) groups is 1. The Morgan fingerprint density at radius 3 is 2.38 bits per heavy atom. The zero-order valence-corrected chi connectivity index (χ0v) is 16.6. The normalized spacial score (nSPS) is 12.5. The van der Waals surface area contributed by atoms with Crippen LogP contribution >= 0.6 is 11.6 Å². The van der Waals surface area contributed by atoms with Crippen LogP contribution in [0.1, 0.15) is 24.5 Å². The van der Waals surface area contributed by atoms with Crippen LogP contribution in [0.3, 0.4) is 0 Å². The zero-order valence-electron chi connectivity index (χ0n) is 15.1. The highest BCUT2D eigenvalue weighted by atomic mass is 35.5. The van der Waals surface area contributed by atoms with Gasteiger partial charge in [-0.05, 0) is 43.2 Å². The molecule has 5 nitrogen and oxygen atoms in total. The molecule has 1 unspecified atom stereocenters. The van der Waals surface area contributed by atoms with Crippen molar-refractivity contribution >= 4 is 33.2 Å². The van der Waals surface area contributed by atoms with Crippen LogP contribution in [-0.4, -0.2) is 26.6 Å². The van der Waals surface area contributed by atoms with Gasteiger partial charge in [0.1, 0.15) is 6.04 Å². The maximum Gasteiger partial charge on any atom is 0.244 e. The molecule has 0 aromatic heterocycles. The average Bonchev–Trinajstić information content (AvgIpc) is 2.57. The standard InChI is InChI=1S/C19H23ClN2O3S/c1-4-18(19(23)21-13-15-7-5-6-14(2)12-15)22(26(3,24)25)17-10-8-16(20)9-11-17/h5-12,18H,4,13H2,1-3H3,(H,21,23). The first-order valence-corrected chi connectivity index (χ1v) is 10.5. The molecule has 1 N–H and O–H groups in total. The smallest absolute Gasteiger partial charge is 0.244 e. The molecular formula is C19H23ClN2O3S. The lowest BCUT2D eigenvalue weighted by Gasteiger charge is -2.30. The number of hydrogen-bond donors (Lipinski definition) is 1. The molecule has 1 amide bonds. The summed E-state index contributed by atoms with van der Waals surface area (Å²) in [5, 5.41) is 3.34. The molecule has 2 rings (SSSR count). The van der Waals surface area contributed by atoms with Crippen molar-refractivity contribution in [2.75, 3.05) is 10.6 Å². The Balaban J connectivity index is 2.23. The largest absolute Gasteiger partial charge is 0.350 e. The van der Waals surface area contributed by atoms with E-state index in [0.717, 1.165) is 21.7 Å². The molecule has 0 radical (unpaired) electrons. The van der Waals surface area contributed by atoms with Gasteiger partial charge in [0.05, 0.1) is 11.9 Å². The lowest BCUT2D eigenvalue weighted by atomic mass is 10.1. The number of hydrogen-bond acceptors (Lipinski definition) is 3. The van der Waals surface area contributed by atoms with Crippen molar-refractivity contribution in [2.45, 2.75) is 32.9 Å². The molecule has 0 aliphatic rings. The van der Waals surface area contributed by atoms with E-state index in [1.165, 1.54) is 0 Å². The number of nitrogens with zero attached hydrogens (tertiary/aromatic N) is 1. The molecule has 26 heavy (non-hydrogen) atoms. The monoisotopic (exact) mass is 394 g/mol. The van der Waals surface area contributed by atoms with Gasteiger partial charge < -0.3 is 5.32 Å². The molecule has 0 aliphatic carbocycles. The second-order valence-electron chi connectivity index (χ2n) is 6.17. The molecule has 0 saturated carbocycles. The second-order valence-corrected chi connectivity index (χ2v) is 8.46.